The SMILES string of the molecule is O=C(NCCN1CCNCC1)c1cccc(NC(=O)C2Cc3ccccc3O2)c1. The van der Waals surface area contributed by atoms with Gasteiger partial charge in [0.2, 0.25) is 0 Å². The number of carbonyl (C=O) groups excluding carboxylic acids is 2. The third kappa shape index (κ3) is 4.93. The summed E-state index contributed by atoms with van der Waals surface area (Å²) in [6, 6.07) is 14.7. The van der Waals surface area contributed by atoms with Crippen molar-refractivity contribution < 1.29 is 14.3 Å². The van der Waals surface area contributed by atoms with E-state index in [9.17, 15) is 9.59 Å². The molecule has 2 aromatic carbocycles. The molecular formula is C22H26N4O3. The van der Waals surface area contributed by atoms with E-state index < -0.39 is 6.10 Å². The number of nitrogens with one attached hydrogen (secondary N) is 3. The van der Waals surface area contributed by atoms with Gasteiger partial charge in [-0.25, -0.2) is 0 Å². The number of carbonyl (C=O) groups is 2. The Labute approximate surface area is 170 Å². The van der Waals surface area contributed by atoms with Crippen molar-refractivity contribution in [3.63, 3.8) is 0 Å². The van der Waals surface area contributed by atoms with Crippen molar-refractivity contribution in [3.8, 4) is 5.75 Å². The summed E-state index contributed by atoms with van der Waals surface area (Å²) >= 11 is 0. The molecule has 1 unspecified atom stereocenters. The van der Waals surface area contributed by atoms with Gasteiger partial charge in [-0.3, -0.25) is 14.5 Å². The number of para-hydroxylation sites is 1. The highest BCUT2D eigenvalue weighted by Crippen LogP contribution is 2.28. The monoisotopic (exact) mass is 394 g/mol. The molecule has 0 saturated carbocycles. The normalized spacial score (nSPS) is 18.6. The minimum atomic E-state index is -0.552. The molecule has 0 bridgehead atoms. The predicted octanol–water partition coefficient (Wildman–Crippen LogP) is 1.26. The second-order valence-corrected chi connectivity index (χ2v) is 7.34. The summed E-state index contributed by atoms with van der Waals surface area (Å²) in [6.07, 6.45) is -0.00213. The topological polar surface area (TPSA) is 82.7 Å². The van der Waals surface area contributed by atoms with Crippen LogP contribution in [-0.4, -0.2) is 62.1 Å². The van der Waals surface area contributed by atoms with E-state index in [-0.39, 0.29) is 11.8 Å². The van der Waals surface area contributed by atoms with Crippen LogP contribution in [0.2, 0.25) is 0 Å². The molecule has 1 saturated heterocycles. The Morgan fingerprint density at radius 1 is 1.10 bits per heavy atom. The number of rotatable bonds is 6. The van der Waals surface area contributed by atoms with Crippen LogP contribution in [-0.2, 0) is 11.2 Å². The minimum Gasteiger partial charge on any atom is -0.480 e. The fourth-order valence-corrected chi connectivity index (χ4v) is 3.65. The van der Waals surface area contributed by atoms with Crippen LogP contribution in [0.25, 0.3) is 0 Å². The highest BCUT2D eigenvalue weighted by Gasteiger charge is 2.28. The van der Waals surface area contributed by atoms with Crippen molar-refractivity contribution in [1.82, 2.24) is 15.5 Å². The number of amides is 2. The van der Waals surface area contributed by atoms with E-state index >= 15 is 0 Å². The summed E-state index contributed by atoms with van der Waals surface area (Å²) < 4.78 is 5.73. The zero-order valence-corrected chi connectivity index (χ0v) is 16.3. The lowest BCUT2D eigenvalue weighted by atomic mass is 10.1. The molecule has 0 aliphatic carbocycles. The fourth-order valence-electron chi connectivity index (χ4n) is 3.65. The molecule has 2 aromatic rings. The highest BCUT2D eigenvalue weighted by atomic mass is 16.5. The predicted molar refractivity (Wildman–Crippen MR) is 111 cm³/mol. The summed E-state index contributed by atoms with van der Waals surface area (Å²) in [5, 5.41) is 9.13. The molecule has 7 nitrogen and oxygen atoms in total. The zero-order chi connectivity index (χ0) is 20.1. The second-order valence-electron chi connectivity index (χ2n) is 7.34. The molecule has 0 spiro atoms. The molecule has 7 heteroatoms. The second kappa shape index (κ2) is 9.07. The Kier molecular flexibility index (Phi) is 6.07. The average molecular weight is 394 g/mol. The van der Waals surface area contributed by atoms with E-state index in [0.717, 1.165) is 44.0 Å². The van der Waals surface area contributed by atoms with Crippen molar-refractivity contribution in [2.24, 2.45) is 0 Å². The van der Waals surface area contributed by atoms with Gasteiger partial charge in [0, 0.05) is 56.9 Å². The van der Waals surface area contributed by atoms with Crippen molar-refractivity contribution in [2.45, 2.75) is 12.5 Å². The van der Waals surface area contributed by atoms with Crippen LogP contribution in [0, 0.1) is 0 Å². The third-order valence-corrected chi connectivity index (χ3v) is 5.26. The third-order valence-electron chi connectivity index (χ3n) is 5.26. The lowest BCUT2D eigenvalue weighted by Gasteiger charge is -2.27. The smallest absolute Gasteiger partial charge is 0.265 e. The molecule has 0 radical (unpaired) electrons. The standard InChI is InChI=1S/C22H26N4O3/c27-21(24-10-13-26-11-8-23-9-12-26)17-5-3-6-18(14-17)25-22(28)20-15-16-4-1-2-7-19(16)29-20/h1-7,14,20,23H,8-13,15H2,(H,24,27)(H,25,28). The largest absolute Gasteiger partial charge is 0.480 e. The molecule has 0 aromatic heterocycles. The van der Waals surface area contributed by atoms with Gasteiger partial charge in [0.25, 0.3) is 11.8 Å². The van der Waals surface area contributed by atoms with Crippen molar-refractivity contribution in [2.75, 3.05) is 44.6 Å². The van der Waals surface area contributed by atoms with Crippen LogP contribution in [0.1, 0.15) is 15.9 Å². The van der Waals surface area contributed by atoms with Crippen molar-refractivity contribution >= 4 is 17.5 Å². The molecule has 2 aliphatic heterocycles. The van der Waals surface area contributed by atoms with Gasteiger partial charge in [0.15, 0.2) is 6.10 Å². The molecule has 152 valence electrons. The van der Waals surface area contributed by atoms with Gasteiger partial charge in [-0.15, -0.1) is 0 Å². The van der Waals surface area contributed by atoms with Crippen molar-refractivity contribution in [1.29, 1.82) is 0 Å². The Morgan fingerprint density at radius 3 is 2.76 bits per heavy atom. The maximum absolute atomic E-state index is 12.6. The van der Waals surface area contributed by atoms with Gasteiger partial charge >= 0.3 is 0 Å². The molecule has 2 heterocycles. The van der Waals surface area contributed by atoms with Crippen molar-refractivity contribution in [3.05, 3.63) is 59.7 Å². The van der Waals surface area contributed by atoms with Gasteiger partial charge in [-0.05, 0) is 29.8 Å². The number of anilines is 1. The number of piperazine rings is 1. The van der Waals surface area contributed by atoms with Crippen LogP contribution in [0.15, 0.2) is 48.5 Å². The first-order valence-electron chi connectivity index (χ1n) is 10.1. The molecular weight excluding hydrogens is 368 g/mol. The summed E-state index contributed by atoms with van der Waals surface area (Å²) in [5.41, 5.74) is 2.15. The summed E-state index contributed by atoms with van der Waals surface area (Å²) in [7, 11) is 0. The Hall–Kier alpha value is -2.90. The van der Waals surface area contributed by atoms with Gasteiger partial charge in [0.05, 0.1) is 0 Å². The first-order valence-corrected chi connectivity index (χ1v) is 10.1. The lowest BCUT2D eigenvalue weighted by Crippen LogP contribution is -2.46. The van der Waals surface area contributed by atoms with Crippen LogP contribution >= 0.6 is 0 Å². The maximum Gasteiger partial charge on any atom is 0.265 e. The quantitative estimate of drug-likeness (QED) is 0.687. The van der Waals surface area contributed by atoms with E-state index in [2.05, 4.69) is 20.9 Å². The van der Waals surface area contributed by atoms with E-state index in [1.165, 1.54) is 0 Å². The average Bonchev–Trinajstić information content (AvgIpc) is 3.19. The Balaban J connectivity index is 1.29. The summed E-state index contributed by atoms with van der Waals surface area (Å²) in [4.78, 5) is 27.3. The molecule has 4 rings (SSSR count). The Morgan fingerprint density at radius 2 is 1.93 bits per heavy atom. The van der Waals surface area contributed by atoms with Gasteiger partial charge < -0.3 is 20.7 Å². The van der Waals surface area contributed by atoms with Crippen LogP contribution in [0.5, 0.6) is 5.75 Å². The molecule has 2 aliphatic rings. The minimum absolute atomic E-state index is 0.138. The number of nitrogens with zero attached hydrogens (tertiary/aromatic N) is 1. The van der Waals surface area contributed by atoms with E-state index in [1.807, 2.05) is 24.3 Å². The first-order chi connectivity index (χ1) is 14.2. The molecule has 29 heavy (non-hydrogen) atoms. The van der Waals surface area contributed by atoms with E-state index in [0.29, 0.717) is 24.2 Å². The number of hydrogen-bond donors (Lipinski definition) is 3. The van der Waals surface area contributed by atoms with Gasteiger partial charge in [-0.2, -0.15) is 0 Å². The zero-order valence-electron chi connectivity index (χ0n) is 16.3. The maximum atomic E-state index is 12.6. The number of hydrogen-bond acceptors (Lipinski definition) is 5. The van der Waals surface area contributed by atoms with Crippen LogP contribution in [0.3, 0.4) is 0 Å². The Bertz CT molecular complexity index is 855. The summed E-state index contributed by atoms with van der Waals surface area (Å²) in [6.45, 7) is 5.43. The van der Waals surface area contributed by atoms with Crippen LogP contribution in [0.4, 0.5) is 5.69 Å². The number of ether oxygens (including phenoxy) is 1. The van der Waals surface area contributed by atoms with E-state index in [1.54, 1.807) is 24.3 Å². The number of benzene rings is 2. The molecule has 2 amide bonds. The molecule has 1 atom stereocenters. The van der Waals surface area contributed by atoms with Gasteiger partial charge in [0.1, 0.15) is 5.75 Å². The van der Waals surface area contributed by atoms with Gasteiger partial charge in [-0.1, -0.05) is 24.3 Å². The lowest BCUT2D eigenvalue weighted by molar-refractivity contribution is -0.122. The first kappa shape index (κ1) is 19.4. The molecule has 1 fully saturated rings. The summed E-state index contributed by atoms with van der Waals surface area (Å²) in [5.74, 6) is 0.406. The fraction of sp³-hybridized carbons (Fsp3) is 0.364. The number of fused-ring (bicyclic) bond motifs is 1. The van der Waals surface area contributed by atoms with E-state index in [4.69, 9.17) is 4.74 Å². The molecule has 3 N–H and O–H groups in total. The van der Waals surface area contributed by atoms with Crippen LogP contribution < -0.4 is 20.7 Å². The highest BCUT2D eigenvalue weighted by molar-refractivity contribution is 5.98.